The number of benzene rings is 2. The van der Waals surface area contributed by atoms with E-state index in [1.54, 1.807) is 0 Å². The summed E-state index contributed by atoms with van der Waals surface area (Å²) >= 11 is 0. The van der Waals surface area contributed by atoms with Crippen LogP contribution in [0.5, 0.6) is 5.75 Å². The summed E-state index contributed by atoms with van der Waals surface area (Å²) in [4.78, 5) is 4.22. The quantitative estimate of drug-likeness (QED) is 0.519. The Morgan fingerprint density at radius 3 is 2.32 bits per heavy atom. The van der Waals surface area contributed by atoms with Crippen LogP contribution in [0, 0.1) is 31.4 Å². The Balaban J connectivity index is 0.000000287. The summed E-state index contributed by atoms with van der Waals surface area (Å²) in [6.45, 7) is 6.47. The van der Waals surface area contributed by atoms with Gasteiger partial charge in [-0.2, -0.15) is 0 Å². The average Bonchev–Trinajstić information content (AvgIpc) is 2.77. The van der Waals surface area contributed by atoms with Gasteiger partial charge in [0.05, 0.1) is 6.10 Å². The summed E-state index contributed by atoms with van der Waals surface area (Å²) in [5, 5.41) is 2.43. The van der Waals surface area contributed by atoms with E-state index in [-0.39, 0.29) is 0 Å². The van der Waals surface area contributed by atoms with Gasteiger partial charge in [-0.15, -0.1) is 0 Å². The van der Waals surface area contributed by atoms with E-state index >= 15 is 0 Å². The Kier molecular flexibility index (Phi) is 7.97. The van der Waals surface area contributed by atoms with Crippen molar-refractivity contribution in [2.75, 3.05) is 0 Å². The number of hydrogen-bond acceptors (Lipinski definition) is 3. The molecule has 1 heterocycles. The highest BCUT2D eigenvalue weighted by molar-refractivity contribution is 5.87. The smallest absolute Gasteiger partial charge is 0.126 e. The number of halogens is 2. The van der Waals surface area contributed by atoms with Gasteiger partial charge in [-0.1, -0.05) is 13.0 Å². The molecule has 3 aromatic rings. The third-order valence-corrected chi connectivity index (χ3v) is 6.19. The van der Waals surface area contributed by atoms with Gasteiger partial charge in [0.25, 0.3) is 0 Å². The molecular formula is C26H32F2N2O. The number of nitrogens with two attached hydrogens (primary N) is 1. The van der Waals surface area contributed by atoms with E-state index in [2.05, 4.69) is 37.9 Å². The SMILES string of the molecule is CCC(N)C1CCC(Oc2c(C)cc3cnccc3c2C)CC1.Fc1cccc(F)c1. The molecule has 1 saturated carbocycles. The minimum atomic E-state index is -0.537. The molecule has 1 atom stereocenters. The zero-order chi connectivity index (χ0) is 22.4. The van der Waals surface area contributed by atoms with Gasteiger partial charge >= 0.3 is 0 Å². The van der Waals surface area contributed by atoms with Crippen LogP contribution < -0.4 is 10.5 Å². The Bertz CT molecular complexity index is 983. The maximum Gasteiger partial charge on any atom is 0.126 e. The molecule has 1 aliphatic carbocycles. The highest BCUT2D eigenvalue weighted by Crippen LogP contribution is 2.35. The lowest BCUT2D eigenvalue weighted by Gasteiger charge is -2.32. The standard InChI is InChI=1S/C20H28N2O.C6H4F2/c1-4-19(21)15-5-7-17(8-6-15)23-20-13(2)11-16-12-22-10-9-18(16)14(20)3;7-5-2-1-3-6(8)4-5/h9-12,15,17,19H,4-8,21H2,1-3H3;1-4H. The predicted octanol–water partition coefficient (Wildman–Crippen LogP) is 6.49. The summed E-state index contributed by atoms with van der Waals surface area (Å²) in [6.07, 6.45) is 9.80. The number of hydrogen-bond donors (Lipinski definition) is 1. The van der Waals surface area contributed by atoms with Gasteiger partial charge in [0.15, 0.2) is 0 Å². The van der Waals surface area contributed by atoms with Crippen molar-refractivity contribution >= 4 is 10.8 Å². The lowest BCUT2D eigenvalue weighted by Crippen LogP contribution is -2.35. The van der Waals surface area contributed by atoms with E-state index in [9.17, 15) is 8.78 Å². The molecule has 0 amide bonds. The number of nitrogens with zero attached hydrogens (tertiary/aromatic N) is 1. The molecule has 1 unspecified atom stereocenters. The first kappa shape index (κ1) is 23.1. The van der Waals surface area contributed by atoms with Crippen molar-refractivity contribution in [2.24, 2.45) is 11.7 Å². The first-order valence-electron chi connectivity index (χ1n) is 11.1. The Hall–Kier alpha value is -2.53. The molecule has 3 nitrogen and oxygen atoms in total. The topological polar surface area (TPSA) is 48.1 Å². The van der Waals surface area contributed by atoms with E-state index in [0.29, 0.717) is 18.1 Å². The zero-order valence-electron chi connectivity index (χ0n) is 18.6. The first-order valence-corrected chi connectivity index (χ1v) is 11.1. The van der Waals surface area contributed by atoms with Crippen LogP contribution in [0.2, 0.25) is 0 Å². The van der Waals surface area contributed by atoms with Crippen LogP contribution >= 0.6 is 0 Å². The van der Waals surface area contributed by atoms with E-state index < -0.39 is 11.6 Å². The van der Waals surface area contributed by atoms with Crippen molar-refractivity contribution in [1.82, 2.24) is 4.98 Å². The number of ether oxygens (including phenoxy) is 1. The summed E-state index contributed by atoms with van der Waals surface area (Å²) in [6, 6.07) is 9.17. The summed E-state index contributed by atoms with van der Waals surface area (Å²) in [7, 11) is 0. The van der Waals surface area contributed by atoms with Crippen LogP contribution in [0.15, 0.2) is 48.8 Å². The lowest BCUT2D eigenvalue weighted by molar-refractivity contribution is 0.121. The fraction of sp³-hybridized carbons (Fsp3) is 0.423. The van der Waals surface area contributed by atoms with E-state index in [1.807, 2.05) is 12.4 Å². The molecular weight excluding hydrogens is 394 g/mol. The molecule has 2 N–H and O–H groups in total. The average molecular weight is 427 g/mol. The van der Waals surface area contributed by atoms with Gasteiger partial charge in [-0.3, -0.25) is 4.98 Å². The largest absolute Gasteiger partial charge is 0.490 e. The number of aryl methyl sites for hydroxylation is 2. The van der Waals surface area contributed by atoms with Gasteiger partial charge in [0.2, 0.25) is 0 Å². The molecule has 0 radical (unpaired) electrons. The van der Waals surface area contributed by atoms with Gasteiger partial charge in [-0.05, 0) is 92.6 Å². The second-order valence-corrected chi connectivity index (χ2v) is 8.41. The fourth-order valence-electron chi connectivity index (χ4n) is 4.36. The van der Waals surface area contributed by atoms with Crippen molar-refractivity contribution < 1.29 is 13.5 Å². The van der Waals surface area contributed by atoms with Gasteiger partial charge < -0.3 is 10.5 Å². The molecule has 1 aliphatic rings. The third kappa shape index (κ3) is 6.01. The van der Waals surface area contributed by atoms with Crippen molar-refractivity contribution in [2.45, 2.75) is 65.0 Å². The zero-order valence-corrected chi connectivity index (χ0v) is 18.6. The molecule has 0 spiro atoms. The van der Waals surface area contributed by atoms with Crippen LogP contribution in [0.3, 0.4) is 0 Å². The molecule has 2 aromatic carbocycles. The van der Waals surface area contributed by atoms with E-state index in [1.165, 1.54) is 52.9 Å². The number of fused-ring (bicyclic) bond motifs is 1. The van der Waals surface area contributed by atoms with Gasteiger partial charge in [0.1, 0.15) is 17.4 Å². The van der Waals surface area contributed by atoms with Crippen molar-refractivity contribution in [3.63, 3.8) is 0 Å². The van der Waals surface area contributed by atoms with Crippen molar-refractivity contribution in [1.29, 1.82) is 0 Å². The molecule has 4 rings (SSSR count). The van der Waals surface area contributed by atoms with Crippen LogP contribution in [0.1, 0.15) is 50.2 Å². The predicted molar refractivity (Wildman–Crippen MR) is 122 cm³/mol. The van der Waals surface area contributed by atoms with Crippen LogP contribution in [-0.2, 0) is 0 Å². The fourth-order valence-corrected chi connectivity index (χ4v) is 4.36. The molecule has 1 aromatic heterocycles. The molecule has 1 fully saturated rings. The summed E-state index contributed by atoms with van der Waals surface area (Å²) in [5.41, 5.74) is 8.64. The first-order chi connectivity index (χ1) is 14.9. The van der Waals surface area contributed by atoms with Crippen LogP contribution in [0.25, 0.3) is 10.8 Å². The molecule has 31 heavy (non-hydrogen) atoms. The second kappa shape index (κ2) is 10.7. The molecule has 0 saturated heterocycles. The monoisotopic (exact) mass is 426 g/mol. The number of rotatable bonds is 4. The Morgan fingerprint density at radius 1 is 1.06 bits per heavy atom. The highest BCUT2D eigenvalue weighted by Gasteiger charge is 2.26. The molecule has 5 heteroatoms. The van der Waals surface area contributed by atoms with Crippen molar-refractivity contribution in [3.05, 3.63) is 71.6 Å². The van der Waals surface area contributed by atoms with E-state index in [0.717, 1.165) is 31.1 Å². The summed E-state index contributed by atoms with van der Waals surface area (Å²) in [5.74, 6) is 0.659. The van der Waals surface area contributed by atoms with Crippen molar-refractivity contribution in [3.8, 4) is 5.75 Å². The second-order valence-electron chi connectivity index (χ2n) is 8.41. The number of aromatic nitrogens is 1. The Morgan fingerprint density at radius 2 is 1.74 bits per heavy atom. The third-order valence-electron chi connectivity index (χ3n) is 6.19. The minimum Gasteiger partial charge on any atom is -0.490 e. The molecule has 166 valence electrons. The van der Waals surface area contributed by atoms with Gasteiger partial charge in [0, 0.05) is 29.9 Å². The minimum absolute atomic E-state index is 0.326. The maximum atomic E-state index is 11.9. The summed E-state index contributed by atoms with van der Waals surface area (Å²) < 4.78 is 30.3. The molecule has 0 bridgehead atoms. The Labute approximate surface area is 183 Å². The highest BCUT2D eigenvalue weighted by atomic mass is 19.1. The van der Waals surface area contributed by atoms with E-state index in [4.69, 9.17) is 10.5 Å². The van der Waals surface area contributed by atoms with Crippen LogP contribution in [-0.4, -0.2) is 17.1 Å². The molecule has 0 aliphatic heterocycles. The van der Waals surface area contributed by atoms with Crippen LogP contribution in [0.4, 0.5) is 8.78 Å². The van der Waals surface area contributed by atoms with Gasteiger partial charge in [-0.25, -0.2) is 8.78 Å². The lowest BCUT2D eigenvalue weighted by atomic mass is 9.82. The maximum absolute atomic E-state index is 11.9. The number of pyridine rings is 1. The normalized spacial score (nSPS) is 19.4.